The van der Waals surface area contributed by atoms with Crippen LogP contribution in [0, 0.1) is 36.0 Å². The van der Waals surface area contributed by atoms with Crippen LogP contribution in [-0.2, 0) is 14.3 Å². The molecular weight excluding hydrogens is 512 g/mol. The minimum absolute atomic E-state index is 0.0185. The van der Waals surface area contributed by atoms with Gasteiger partial charge in [-0.05, 0) is 61.6 Å². The summed E-state index contributed by atoms with van der Waals surface area (Å²) in [7, 11) is 0. The number of aryl methyl sites for hydroxylation is 1. The van der Waals surface area contributed by atoms with E-state index in [1.54, 1.807) is 18.3 Å². The molecule has 0 saturated carbocycles. The fourth-order valence-electron chi connectivity index (χ4n) is 6.01. The summed E-state index contributed by atoms with van der Waals surface area (Å²) in [5.74, 6) is -1.11. The van der Waals surface area contributed by atoms with Gasteiger partial charge in [0, 0.05) is 34.1 Å². The molecule has 0 spiro atoms. The molecule has 1 aromatic rings. The number of esters is 1. The Bertz CT molecular complexity index is 1050. The van der Waals surface area contributed by atoms with Crippen LogP contribution in [0.25, 0.3) is 16.5 Å². The van der Waals surface area contributed by atoms with Crippen molar-refractivity contribution in [2.45, 2.75) is 119 Å². The molecule has 7 atom stereocenters. The molecule has 0 aliphatic carbocycles. The number of ether oxygens (including phenoxy) is 1. The number of hydrogen-bond acceptors (Lipinski definition) is 7. The molecule has 1 fully saturated rings. The van der Waals surface area contributed by atoms with Crippen molar-refractivity contribution in [1.82, 2.24) is 4.98 Å². The third kappa shape index (κ3) is 8.89. The van der Waals surface area contributed by atoms with Crippen molar-refractivity contribution in [2.75, 3.05) is 0 Å². The molecule has 9 heteroatoms. The van der Waals surface area contributed by atoms with E-state index < -0.39 is 23.5 Å². The van der Waals surface area contributed by atoms with Crippen LogP contribution in [0.5, 0.6) is 0 Å². The van der Waals surface area contributed by atoms with E-state index >= 15 is 0 Å². The van der Waals surface area contributed by atoms with Crippen molar-refractivity contribution >= 4 is 29.2 Å². The summed E-state index contributed by atoms with van der Waals surface area (Å²) in [5, 5.41) is 18.1. The third-order valence-electron chi connectivity index (χ3n) is 8.82. The van der Waals surface area contributed by atoms with Crippen molar-refractivity contribution in [1.29, 1.82) is 0 Å². The molecule has 2 rings (SSSR count). The van der Waals surface area contributed by atoms with Crippen LogP contribution < -0.4 is 0 Å². The lowest BCUT2D eigenvalue weighted by Crippen LogP contribution is -2.43. The Kier molecular flexibility index (Phi) is 12.7. The van der Waals surface area contributed by atoms with Gasteiger partial charge in [0.15, 0.2) is 0 Å². The van der Waals surface area contributed by atoms with E-state index in [4.69, 9.17) is 4.74 Å². The number of hydrogen-bond donors (Lipinski definition) is 1. The summed E-state index contributed by atoms with van der Waals surface area (Å²) in [6, 6.07) is -0.342. The number of aromatic nitrogens is 1. The van der Waals surface area contributed by atoms with Gasteiger partial charge < -0.3 is 9.84 Å². The molecule has 8 nitrogen and oxygen atoms in total. The Labute approximate surface area is 238 Å². The van der Waals surface area contributed by atoms with E-state index in [0.717, 1.165) is 42.0 Å². The molecule has 1 saturated heterocycles. The highest BCUT2D eigenvalue weighted by Crippen LogP contribution is 2.38. The molecule has 0 amide bonds. The second-order valence-corrected chi connectivity index (χ2v) is 13.0. The van der Waals surface area contributed by atoms with Crippen molar-refractivity contribution in [2.24, 2.45) is 34.2 Å². The second kappa shape index (κ2) is 15.0. The van der Waals surface area contributed by atoms with Crippen LogP contribution >= 0.6 is 11.3 Å². The van der Waals surface area contributed by atoms with Gasteiger partial charge in [0.05, 0.1) is 16.8 Å². The summed E-state index contributed by atoms with van der Waals surface area (Å²) in [6.45, 7) is 15.5. The minimum Gasteiger partial charge on any atom is -0.458 e. The summed E-state index contributed by atoms with van der Waals surface area (Å²) >= 11 is 1.56. The lowest BCUT2D eigenvalue weighted by atomic mass is 9.67. The van der Waals surface area contributed by atoms with Gasteiger partial charge in [0.2, 0.25) is 0 Å². The number of carbonyl (C=O) groups is 2. The van der Waals surface area contributed by atoms with Gasteiger partial charge in [-0.3, -0.25) is 9.59 Å². The predicted molar refractivity (Wildman–Crippen MR) is 157 cm³/mol. The number of carbonyl (C=O) groups excluding carboxylic acids is 2. The van der Waals surface area contributed by atoms with E-state index in [0.29, 0.717) is 12.8 Å². The normalized spacial score (nSPS) is 31.8. The highest BCUT2D eigenvalue weighted by molar-refractivity contribution is 7.09. The number of rotatable bonds is 5. The Morgan fingerprint density at radius 3 is 2.54 bits per heavy atom. The number of thiazole rings is 1. The first kappa shape index (κ1) is 33.0. The number of aliphatic hydroxyl groups excluding tert-OH is 1. The maximum Gasteiger partial charge on any atom is 0.306 e. The van der Waals surface area contributed by atoms with Crippen LogP contribution in [0.3, 0.4) is 0 Å². The smallest absolute Gasteiger partial charge is 0.306 e. The van der Waals surface area contributed by atoms with Crippen molar-refractivity contribution in [3.63, 3.8) is 0 Å². The van der Waals surface area contributed by atoms with Gasteiger partial charge in [-0.15, -0.1) is 11.3 Å². The fourth-order valence-corrected chi connectivity index (χ4v) is 6.58. The Hall–Kier alpha value is -2.22. The first-order valence-electron chi connectivity index (χ1n) is 14.4. The molecule has 1 aliphatic heterocycles. The van der Waals surface area contributed by atoms with Gasteiger partial charge >= 0.3 is 5.97 Å². The summed E-state index contributed by atoms with van der Waals surface area (Å²) < 4.78 is 6.11. The number of Topliss-reactive ketones (excluding diaryl/α,β-unsaturated/α-hetero) is 1. The van der Waals surface area contributed by atoms with Gasteiger partial charge in [0.25, 0.3) is 0 Å². The lowest BCUT2D eigenvalue weighted by Gasteiger charge is -2.37. The Morgan fingerprint density at radius 2 is 1.97 bits per heavy atom. The Balaban J connectivity index is 2.50. The maximum atomic E-state index is 13.6. The van der Waals surface area contributed by atoms with E-state index in [1.807, 2.05) is 53.0 Å². The third-order valence-corrected chi connectivity index (χ3v) is 9.61. The average molecular weight is 561 g/mol. The molecule has 5 unspecified atom stereocenters. The molecule has 2 heterocycles. The van der Waals surface area contributed by atoms with Gasteiger partial charge in [-0.2, -0.15) is 0 Å². The zero-order valence-electron chi connectivity index (χ0n) is 25.0. The monoisotopic (exact) mass is 560 g/mol. The molecule has 1 aliphatic rings. The first-order valence-corrected chi connectivity index (χ1v) is 15.3. The maximum absolute atomic E-state index is 13.6. The van der Waals surface area contributed by atoms with Gasteiger partial charge in [0.1, 0.15) is 11.9 Å². The summed E-state index contributed by atoms with van der Waals surface area (Å²) in [4.78, 5) is 34.7. The average Bonchev–Trinajstić information content (AvgIpc) is 3.30. The quantitative estimate of drug-likeness (QED) is 0.171. The number of ketones is 1. The molecular formula is C30H48N4O4S. The van der Waals surface area contributed by atoms with Crippen LogP contribution in [0.4, 0.5) is 0 Å². The van der Waals surface area contributed by atoms with Crippen LogP contribution in [-0.4, -0.2) is 40.1 Å². The zero-order valence-corrected chi connectivity index (χ0v) is 25.8. The highest BCUT2D eigenvalue weighted by Gasteiger charge is 2.42. The molecule has 1 N–H and O–H groups in total. The molecule has 0 bridgehead atoms. The number of nitrogens with zero attached hydrogens (tertiary/aromatic N) is 4. The van der Waals surface area contributed by atoms with E-state index in [9.17, 15) is 20.2 Å². The molecule has 0 aromatic carbocycles. The predicted octanol–water partition coefficient (Wildman–Crippen LogP) is 7.69. The van der Waals surface area contributed by atoms with Crippen molar-refractivity contribution < 1.29 is 19.4 Å². The van der Waals surface area contributed by atoms with E-state index in [2.05, 4.69) is 21.9 Å². The first-order chi connectivity index (χ1) is 18.3. The van der Waals surface area contributed by atoms with Gasteiger partial charge in [-0.1, -0.05) is 72.3 Å². The zero-order chi connectivity index (χ0) is 29.3. The van der Waals surface area contributed by atoms with Crippen LogP contribution in [0.2, 0.25) is 0 Å². The van der Waals surface area contributed by atoms with Crippen molar-refractivity contribution in [3.8, 4) is 0 Å². The highest BCUT2D eigenvalue weighted by atomic mass is 32.1. The van der Waals surface area contributed by atoms with Crippen LogP contribution in [0.1, 0.15) is 104 Å². The van der Waals surface area contributed by atoms with E-state index in [1.165, 1.54) is 0 Å². The minimum atomic E-state index is -0.801. The molecule has 218 valence electrons. The molecule has 0 radical (unpaired) electrons. The van der Waals surface area contributed by atoms with E-state index in [-0.39, 0.29) is 42.0 Å². The van der Waals surface area contributed by atoms with Crippen molar-refractivity contribution in [3.05, 3.63) is 32.1 Å². The Morgan fingerprint density at radius 1 is 1.28 bits per heavy atom. The SMILES string of the molecule is CCC1CCCC(C)C(O)C(C)C(=O)C(C)(C)C(CC)CC(=O)O[C@H](/C(C)=C/c2csc(C)n2)C[C@@H]1N=[N+]=[N-]. The number of aliphatic hydroxyl groups is 1. The van der Waals surface area contributed by atoms with Crippen LogP contribution in [0.15, 0.2) is 16.1 Å². The second-order valence-electron chi connectivity index (χ2n) is 11.9. The largest absolute Gasteiger partial charge is 0.458 e. The number of cyclic esters (lactones) is 1. The standard InChI is InChI=1S/C30H48N4O4S/c1-9-22-13-11-12-18(3)28(36)20(5)29(37)30(7,8)23(10-2)15-27(35)38-26(16-25(22)33-34-31)19(4)14-24-17-39-21(6)32-24/h14,17-18,20,22-23,25-26,28,36H,9-13,15-16H2,1-8H3/b19-14+/t18?,20?,22?,23?,25-,26-,28?/m0/s1. The topological polar surface area (TPSA) is 125 Å². The number of azide groups is 1. The lowest BCUT2D eigenvalue weighted by molar-refractivity contribution is -0.151. The van der Waals surface area contributed by atoms with Gasteiger partial charge in [-0.25, -0.2) is 4.98 Å². The summed E-state index contributed by atoms with van der Waals surface area (Å²) in [6.07, 6.45) is 4.95. The molecule has 39 heavy (non-hydrogen) atoms. The fraction of sp³-hybridized carbons (Fsp3) is 0.767. The summed E-state index contributed by atoms with van der Waals surface area (Å²) in [5.41, 5.74) is 10.3. The molecule has 1 aromatic heterocycles.